The van der Waals surface area contributed by atoms with Crippen LogP contribution < -0.4 is 0 Å². The van der Waals surface area contributed by atoms with Crippen molar-refractivity contribution in [2.75, 3.05) is 26.4 Å². The van der Waals surface area contributed by atoms with Crippen LogP contribution in [0.15, 0.2) is 0 Å². The molecule has 9 heteroatoms. The van der Waals surface area contributed by atoms with Crippen molar-refractivity contribution in [2.24, 2.45) is 0 Å². The third-order valence-corrected chi connectivity index (χ3v) is 6.23. The Hall–Kier alpha value is -0.560. The molecule has 0 aliphatic rings. The molecule has 1 unspecified atom stereocenters. The highest BCUT2D eigenvalue weighted by atomic mass is 32.7. The first kappa shape index (κ1) is 20.4. The summed E-state index contributed by atoms with van der Waals surface area (Å²) in [5.74, 6) is -1.21. The number of carbonyl (C=O) groups is 2. The summed E-state index contributed by atoms with van der Waals surface area (Å²) in [6.45, 7) is 3.81. The Kier molecular flexibility index (Phi) is 10.8. The van der Waals surface area contributed by atoms with Gasteiger partial charge < -0.3 is 18.5 Å². The zero-order chi connectivity index (χ0) is 16.3. The molecule has 0 amide bonds. The van der Waals surface area contributed by atoms with Crippen molar-refractivity contribution in [3.05, 3.63) is 0 Å². The summed E-state index contributed by atoms with van der Waals surface area (Å²) in [6, 6.07) is 0. The molecule has 0 aromatic rings. The van der Waals surface area contributed by atoms with Gasteiger partial charge in [-0.05, 0) is 39.1 Å². The zero-order valence-electron chi connectivity index (χ0n) is 12.8. The summed E-state index contributed by atoms with van der Waals surface area (Å²) in [5, 5.41) is -0.993. The van der Waals surface area contributed by atoms with E-state index in [0.717, 1.165) is 0 Å². The van der Waals surface area contributed by atoms with E-state index in [1.165, 1.54) is 0 Å². The van der Waals surface area contributed by atoms with Crippen molar-refractivity contribution in [3.8, 4) is 0 Å². The first-order valence-corrected chi connectivity index (χ1v) is 9.84. The maximum Gasteiger partial charge on any atom is 0.389 e. The van der Waals surface area contributed by atoms with Gasteiger partial charge in [-0.15, -0.1) is 0 Å². The van der Waals surface area contributed by atoms with E-state index in [9.17, 15) is 14.2 Å². The summed E-state index contributed by atoms with van der Waals surface area (Å²) in [5.41, 5.74) is 0. The molecule has 0 fully saturated rings. The summed E-state index contributed by atoms with van der Waals surface area (Å²) < 4.78 is 32.3. The van der Waals surface area contributed by atoms with Crippen LogP contribution in [0.4, 0.5) is 0 Å². The third kappa shape index (κ3) is 8.46. The first-order chi connectivity index (χ1) is 9.92. The topological polar surface area (TPSA) is 88.1 Å². The molecular weight excluding hydrogens is 319 g/mol. The highest BCUT2D eigenvalue weighted by molar-refractivity contribution is 8.55. The van der Waals surface area contributed by atoms with Crippen LogP contribution in [-0.4, -0.2) is 43.6 Å². The number of rotatable bonds is 11. The molecular formula is C12H23O7PS. The quantitative estimate of drug-likeness (QED) is 0.418. The van der Waals surface area contributed by atoms with Crippen molar-refractivity contribution >= 4 is 30.1 Å². The van der Waals surface area contributed by atoms with Crippen LogP contribution in [0, 0.1) is 0 Å². The fourth-order valence-electron chi connectivity index (χ4n) is 1.34. The Balaban J connectivity index is 4.96. The molecule has 0 rings (SSSR count). The first-order valence-electron chi connectivity index (χ1n) is 6.82. The standard InChI is InChI=1S/C12H23O7PS/c1-5-16-11(13)9-10(12(14)17-6-2)21-20(15,18-7-3)19-8-4/h10H,5-9H2,1-4H3. The fraction of sp³-hybridized carbons (Fsp3) is 0.833. The van der Waals surface area contributed by atoms with Crippen molar-refractivity contribution in [1.29, 1.82) is 0 Å². The van der Waals surface area contributed by atoms with Gasteiger partial charge in [0.15, 0.2) is 0 Å². The zero-order valence-corrected chi connectivity index (χ0v) is 14.5. The summed E-state index contributed by atoms with van der Waals surface area (Å²) in [7, 11) is 0. The third-order valence-electron chi connectivity index (χ3n) is 2.04. The molecule has 0 heterocycles. The maximum atomic E-state index is 12.4. The molecule has 0 bridgehead atoms. The smallest absolute Gasteiger partial charge is 0.389 e. The number of carbonyl (C=O) groups excluding carboxylic acids is 2. The van der Waals surface area contributed by atoms with E-state index in [1.54, 1.807) is 27.7 Å². The number of esters is 2. The van der Waals surface area contributed by atoms with Gasteiger partial charge in [0, 0.05) is 0 Å². The van der Waals surface area contributed by atoms with E-state index in [1.807, 2.05) is 0 Å². The lowest BCUT2D eigenvalue weighted by Crippen LogP contribution is -2.24. The number of ether oxygens (including phenoxy) is 2. The van der Waals surface area contributed by atoms with Gasteiger partial charge in [0.05, 0.1) is 32.8 Å². The Morgan fingerprint density at radius 2 is 1.48 bits per heavy atom. The largest absolute Gasteiger partial charge is 0.466 e. The van der Waals surface area contributed by atoms with Gasteiger partial charge in [-0.3, -0.25) is 9.59 Å². The molecule has 0 aromatic carbocycles. The molecule has 0 radical (unpaired) electrons. The molecule has 0 saturated carbocycles. The van der Waals surface area contributed by atoms with Crippen molar-refractivity contribution < 1.29 is 32.7 Å². The Labute approximate surface area is 129 Å². The Morgan fingerprint density at radius 3 is 1.90 bits per heavy atom. The van der Waals surface area contributed by atoms with Crippen LogP contribution in [0.1, 0.15) is 34.1 Å². The monoisotopic (exact) mass is 342 g/mol. The van der Waals surface area contributed by atoms with E-state index >= 15 is 0 Å². The van der Waals surface area contributed by atoms with Crippen LogP contribution in [0.5, 0.6) is 0 Å². The second-order valence-electron chi connectivity index (χ2n) is 3.64. The molecule has 0 N–H and O–H groups in total. The normalized spacial score (nSPS) is 12.8. The van der Waals surface area contributed by atoms with E-state index < -0.39 is 24.0 Å². The van der Waals surface area contributed by atoms with Crippen molar-refractivity contribution in [3.63, 3.8) is 0 Å². The lowest BCUT2D eigenvalue weighted by atomic mass is 10.3. The Bertz CT molecular complexity index is 365. The van der Waals surface area contributed by atoms with E-state index in [4.69, 9.17) is 18.5 Å². The van der Waals surface area contributed by atoms with E-state index in [0.29, 0.717) is 11.4 Å². The molecule has 0 aliphatic heterocycles. The minimum Gasteiger partial charge on any atom is -0.466 e. The van der Waals surface area contributed by atoms with Gasteiger partial charge in [0.25, 0.3) is 0 Å². The summed E-state index contributed by atoms with van der Waals surface area (Å²) in [4.78, 5) is 23.4. The second-order valence-corrected chi connectivity index (χ2v) is 7.80. The van der Waals surface area contributed by atoms with Crippen LogP contribution in [0.2, 0.25) is 0 Å². The van der Waals surface area contributed by atoms with Crippen LogP contribution in [-0.2, 0) is 32.7 Å². The van der Waals surface area contributed by atoms with Gasteiger partial charge in [0.2, 0.25) is 0 Å². The number of hydrogen-bond acceptors (Lipinski definition) is 8. The van der Waals surface area contributed by atoms with Gasteiger partial charge in [-0.2, -0.15) is 0 Å². The van der Waals surface area contributed by atoms with E-state index in [-0.39, 0.29) is 32.8 Å². The molecule has 0 aromatic heterocycles. The lowest BCUT2D eigenvalue weighted by molar-refractivity contribution is -0.149. The predicted molar refractivity (Wildman–Crippen MR) is 80.1 cm³/mol. The molecule has 0 saturated heterocycles. The van der Waals surface area contributed by atoms with Crippen molar-refractivity contribution in [1.82, 2.24) is 0 Å². The second kappa shape index (κ2) is 11.1. The molecule has 124 valence electrons. The summed E-state index contributed by atoms with van der Waals surface area (Å²) in [6.07, 6.45) is -0.249. The minimum absolute atomic E-state index is 0.159. The average molecular weight is 342 g/mol. The van der Waals surface area contributed by atoms with Gasteiger partial charge in [-0.25, -0.2) is 4.57 Å². The summed E-state index contributed by atoms with van der Waals surface area (Å²) >= 11 is 0.679. The van der Waals surface area contributed by atoms with Crippen LogP contribution in [0.25, 0.3) is 0 Å². The van der Waals surface area contributed by atoms with E-state index in [2.05, 4.69) is 0 Å². The molecule has 0 spiro atoms. The number of hydrogen-bond donors (Lipinski definition) is 0. The highest BCUT2D eigenvalue weighted by Gasteiger charge is 2.36. The van der Waals surface area contributed by atoms with Crippen molar-refractivity contribution in [2.45, 2.75) is 39.4 Å². The maximum absolute atomic E-state index is 12.4. The van der Waals surface area contributed by atoms with Crippen LogP contribution >= 0.6 is 18.2 Å². The molecule has 21 heavy (non-hydrogen) atoms. The lowest BCUT2D eigenvalue weighted by Gasteiger charge is -2.20. The fourth-order valence-corrected chi connectivity index (χ4v) is 5.26. The van der Waals surface area contributed by atoms with Crippen LogP contribution in [0.3, 0.4) is 0 Å². The highest BCUT2D eigenvalue weighted by Crippen LogP contribution is 2.62. The van der Waals surface area contributed by atoms with Gasteiger partial charge >= 0.3 is 18.7 Å². The predicted octanol–water partition coefficient (Wildman–Crippen LogP) is 2.79. The average Bonchev–Trinajstić information content (AvgIpc) is 2.39. The SMILES string of the molecule is CCOC(=O)CC(SP(=O)(OCC)OCC)C(=O)OCC. The molecule has 0 aliphatic carbocycles. The molecule has 1 atom stereocenters. The van der Waals surface area contributed by atoms with Gasteiger partial charge in [-0.1, -0.05) is 0 Å². The molecule has 7 nitrogen and oxygen atoms in total. The minimum atomic E-state index is -3.52. The van der Waals surface area contributed by atoms with Gasteiger partial charge in [0.1, 0.15) is 5.25 Å². The Morgan fingerprint density at radius 1 is 0.952 bits per heavy atom.